The number of carbonyl (C=O) groups excluding carboxylic acids is 3. The van der Waals surface area contributed by atoms with Crippen molar-refractivity contribution in [3.05, 3.63) is 119 Å². The van der Waals surface area contributed by atoms with E-state index in [1.807, 2.05) is 57.2 Å². The quantitative estimate of drug-likeness (QED) is 0.168. The Morgan fingerprint density at radius 3 is 2.15 bits per heavy atom. The van der Waals surface area contributed by atoms with E-state index in [1.165, 1.54) is 24.1 Å². The number of thioether (sulfide) groups is 1. The van der Waals surface area contributed by atoms with Crippen LogP contribution in [0.2, 0.25) is 0 Å². The van der Waals surface area contributed by atoms with Crippen molar-refractivity contribution < 1.29 is 18.8 Å². The van der Waals surface area contributed by atoms with E-state index < -0.39 is 11.8 Å². The minimum Gasteiger partial charge on any atom is -0.465 e. The largest absolute Gasteiger partial charge is 0.465 e. The summed E-state index contributed by atoms with van der Waals surface area (Å²) in [4.78, 5) is 39.5. The predicted octanol–water partition coefficient (Wildman–Crippen LogP) is 6.43. The lowest BCUT2D eigenvalue weighted by Crippen LogP contribution is -2.30. The summed E-state index contributed by atoms with van der Waals surface area (Å²) in [7, 11) is 0. The highest BCUT2D eigenvalue weighted by atomic mass is 32.2. The molecule has 3 N–H and O–H groups in total. The van der Waals surface area contributed by atoms with Crippen molar-refractivity contribution in [3.63, 3.8) is 0 Å². The van der Waals surface area contributed by atoms with Crippen LogP contribution in [0.1, 0.15) is 34.2 Å². The summed E-state index contributed by atoms with van der Waals surface area (Å²) in [6.07, 6.45) is 2.96. The van der Waals surface area contributed by atoms with Crippen molar-refractivity contribution in [1.29, 1.82) is 0 Å². The second-order valence-electron chi connectivity index (χ2n) is 8.89. The number of anilines is 2. The lowest BCUT2D eigenvalue weighted by molar-refractivity contribution is -0.115. The number of hydrogen-bond acceptors (Lipinski definition) is 5. The maximum absolute atomic E-state index is 13.1. The van der Waals surface area contributed by atoms with E-state index in [9.17, 15) is 14.4 Å². The van der Waals surface area contributed by atoms with Gasteiger partial charge in [0.1, 0.15) is 11.5 Å². The molecule has 198 valence electrons. The summed E-state index contributed by atoms with van der Waals surface area (Å²) in [6, 6.07) is 25.1. The molecule has 0 saturated heterocycles. The van der Waals surface area contributed by atoms with Gasteiger partial charge in [0.25, 0.3) is 11.8 Å². The molecular formula is C31H29N3O4S. The maximum atomic E-state index is 13.1. The molecule has 4 aromatic rings. The molecule has 0 aliphatic rings. The van der Waals surface area contributed by atoms with Gasteiger partial charge in [-0.2, -0.15) is 0 Å². The van der Waals surface area contributed by atoms with Gasteiger partial charge in [0.15, 0.2) is 0 Å². The summed E-state index contributed by atoms with van der Waals surface area (Å²) in [5.41, 5.74) is 3.87. The Kier molecular flexibility index (Phi) is 9.01. The van der Waals surface area contributed by atoms with Gasteiger partial charge in [0.2, 0.25) is 5.91 Å². The first-order valence-electron chi connectivity index (χ1n) is 12.4. The van der Waals surface area contributed by atoms with E-state index in [2.05, 4.69) is 16.0 Å². The number of para-hydroxylation sites is 1. The third-order valence-electron chi connectivity index (χ3n) is 5.88. The van der Waals surface area contributed by atoms with Crippen molar-refractivity contribution in [2.45, 2.75) is 30.9 Å². The number of nitrogens with one attached hydrogen (secondary N) is 3. The average molecular weight is 540 g/mol. The standard InChI is InChI=1S/C31H29N3O4S/c1-20-9-7-10-21(2)28(20)34-29(35)22(3)39-26-16-14-24(15-17-26)32-31(37)27(19-25-13-8-18-38-25)33-30(36)23-11-5-4-6-12-23/h4-19,22H,1-3H3,(H,32,37)(H,33,36)(H,34,35)/b27-19-. The van der Waals surface area contributed by atoms with Crippen molar-refractivity contribution in [1.82, 2.24) is 5.32 Å². The molecule has 0 spiro atoms. The van der Waals surface area contributed by atoms with E-state index in [4.69, 9.17) is 4.42 Å². The summed E-state index contributed by atoms with van der Waals surface area (Å²) in [5, 5.41) is 8.17. The molecule has 0 fully saturated rings. The molecule has 1 unspecified atom stereocenters. The predicted molar refractivity (Wildman–Crippen MR) is 156 cm³/mol. The van der Waals surface area contributed by atoms with Gasteiger partial charge in [-0.1, -0.05) is 36.4 Å². The Hall–Kier alpha value is -4.56. The van der Waals surface area contributed by atoms with E-state index in [1.54, 1.807) is 48.5 Å². The van der Waals surface area contributed by atoms with E-state index >= 15 is 0 Å². The van der Waals surface area contributed by atoms with Crippen LogP contribution in [0, 0.1) is 13.8 Å². The number of aryl methyl sites for hydroxylation is 2. The molecule has 0 aliphatic carbocycles. The van der Waals surface area contributed by atoms with E-state index in [0.29, 0.717) is 17.0 Å². The number of furan rings is 1. The summed E-state index contributed by atoms with van der Waals surface area (Å²) < 4.78 is 5.33. The summed E-state index contributed by atoms with van der Waals surface area (Å²) in [6.45, 7) is 5.79. The Bertz CT molecular complexity index is 1460. The van der Waals surface area contributed by atoms with Crippen molar-refractivity contribution >= 4 is 46.9 Å². The number of benzene rings is 3. The Morgan fingerprint density at radius 2 is 1.51 bits per heavy atom. The lowest BCUT2D eigenvalue weighted by atomic mass is 10.1. The van der Waals surface area contributed by atoms with Gasteiger partial charge >= 0.3 is 0 Å². The highest BCUT2D eigenvalue weighted by molar-refractivity contribution is 8.00. The van der Waals surface area contributed by atoms with Gasteiger partial charge in [-0.05, 0) is 80.4 Å². The molecule has 1 aromatic heterocycles. The first kappa shape index (κ1) is 27.5. The molecular weight excluding hydrogens is 510 g/mol. The second kappa shape index (κ2) is 12.8. The fourth-order valence-corrected chi connectivity index (χ4v) is 4.63. The number of carbonyl (C=O) groups is 3. The topological polar surface area (TPSA) is 100 Å². The smallest absolute Gasteiger partial charge is 0.272 e. The monoisotopic (exact) mass is 539 g/mol. The first-order chi connectivity index (χ1) is 18.8. The molecule has 1 heterocycles. The Morgan fingerprint density at radius 1 is 0.821 bits per heavy atom. The zero-order chi connectivity index (χ0) is 27.8. The van der Waals surface area contributed by atoms with Crippen LogP contribution in [0.4, 0.5) is 11.4 Å². The van der Waals surface area contributed by atoms with Crippen LogP contribution >= 0.6 is 11.8 Å². The molecule has 1 atom stereocenters. The van der Waals surface area contributed by atoms with Crippen molar-refractivity contribution in [3.8, 4) is 0 Å². The fourth-order valence-electron chi connectivity index (χ4n) is 3.77. The SMILES string of the molecule is Cc1cccc(C)c1NC(=O)C(C)Sc1ccc(NC(=O)/C(=C/c2ccco2)NC(=O)c2ccccc2)cc1. The first-order valence-corrected chi connectivity index (χ1v) is 13.2. The third kappa shape index (κ3) is 7.49. The molecule has 39 heavy (non-hydrogen) atoms. The van der Waals surface area contributed by atoms with Crippen molar-refractivity contribution in [2.75, 3.05) is 10.6 Å². The number of rotatable bonds is 9. The van der Waals surface area contributed by atoms with E-state index in [-0.39, 0.29) is 16.9 Å². The molecule has 0 saturated carbocycles. The van der Waals surface area contributed by atoms with Crippen LogP contribution in [-0.2, 0) is 9.59 Å². The number of amides is 3. The third-order valence-corrected chi connectivity index (χ3v) is 6.99. The molecule has 7 nitrogen and oxygen atoms in total. The molecule has 4 rings (SSSR count). The summed E-state index contributed by atoms with van der Waals surface area (Å²) >= 11 is 1.42. The van der Waals surface area contributed by atoms with Crippen molar-refractivity contribution in [2.24, 2.45) is 0 Å². The molecule has 3 amide bonds. The zero-order valence-corrected chi connectivity index (χ0v) is 22.7. The minimum atomic E-state index is -0.502. The Balaban J connectivity index is 1.40. The van der Waals surface area contributed by atoms with Crippen LogP contribution < -0.4 is 16.0 Å². The van der Waals surface area contributed by atoms with Gasteiger partial charge in [-0.3, -0.25) is 14.4 Å². The average Bonchev–Trinajstić information content (AvgIpc) is 3.45. The zero-order valence-electron chi connectivity index (χ0n) is 21.9. The second-order valence-corrected chi connectivity index (χ2v) is 10.3. The van der Waals surface area contributed by atoms with Crippen LogP contribution in [0.15, 0.2) is 106 Å². The van der Waals surface area contributed by atoms with Gasteiger partial charge < -0.3 is 20.4 Å². The Labute approximate surface area is 231 Å². The molecule has 8 heteroatoms. The van der Waals surface area contributed by atoms with E-state index in [0.717, 1.165) is 21.7 Å². The normalized spacial score (nSPS) is 11.9. The van der Waals surface area contributed by atoms with Crippen LogP contribution in [0.25, 0.3) is 6.08 Å². The number of hydrogen-bond donors (Lipinski definition) is 3. The van der Waals surface area contributed by atoms with Crippen LogP contribution in [0.5, 0.6) is 0 Å². The highest BCUT2D eigenvalue weighted by Crippen LogP contribution is 2.27. The van der Waals surface area contributed by atoms with Gasteiger partial charge in [0.05, 0.1) is 11.5 Å². The van der Waals surface area contributed by atoms with Gasteiger partial charge in [-0.15, -0.1) is 11.8 Å². The fraction of sp³-hybridized carbons (Fsp3) is 0.129. The molecule has 0 bridgehead atoms. The summed E-state index contributed by atoms with van der Waals surface area (Å²) in [5.74, 6) is -0.578. The van der Waals surface area contributed by atoms with Crippen LogP contribution in [0.3, 0.4) is 0 Å². The van der Waals surface area contributed by atoms with Gasteiger partial charge in [-0.25, -0.2) is 0 Å². The molecule has 3 aromatic carbocycles. The maximum Gasteiger partial charge on any atom is 0.272 e. The molecule has 0 aliphatic heterocycles. The van der Waals surface area contributed by atoms with Gasteiger partial charge in [0, 0.05) is 27.9 Å². The lowest BCUT2D eigenvalue weighted by Gasteiger charge is -2.16. The minimum absolute atomic E-state index is 0.0362. The van der Waals surface area contributed by atoms with Crippen LogP contribution in [-0.4, -0.2) is 23.0 Å². The molecule has 0 radical (unpaired) electrons. The highest BCUT2D eigenvalue weighted by Gasteiger charge is 2.18.